The molecule has 0 radical (unpaired) electrons. The number of hydrogen-bond acceptors (Lipinski definition) is 3. The Morgan fingerprint density at radius 1 is 1.29 bits per heavy atom. The summed E-state index contributed by atoms with van der Waals surface area (Å²) in [5.41, 5.74) is 2.72. The van der Waals surface area contributed by atoms with E-state index in [0.717, 1.165) is 11.4 Å². The van der Waals surface area contributed by atoms with Crippen LogP contribution in [0.25, 0.3) is 11.4 Å². The highest BCUT2D eigenvalue weighted by Gasteiger charge is 2.36. The fourth-order valence-corrected chi connectivity index (χ4v) is 3.59. The van der Waals surface area contributed by atoms with Crippen LogP contribution in [0.4, 0.5) is 5.69 Å². The lowest BCUT2D eigenvalue weighted by atomic mass is 9.91. The first-order chi connectivity index (χ1) is 9.94. The predicted molar refractivity (Wildman–Crippen MR) is 86.0 cm³/mol. The fourth-order valence-electron chi connectivity index (χ4n) is 3.59. The van der Waals surface area contributed by atoms with Gasteiger partial charge in [-0.25, -0.2) is 0 Å². The molecule has 1 aromatic heterocycles. The summed E-state index contributed by atoms with van der Waals surface area (Å²) in [6.07, 6.45) is 4.24. The molecule has 1 aliphatic rings. The van der Waals surface area contributed by atoms with Gasteiger partial charge in [-0.3, -0.25) is 0 Å². The molecule has 1 aromatic carbocycles. The van der Waals surface area contributed by atoms with E-state index in [0.29, 0.717) is 17.4 Å². The van der Waals surface area contributed by atoms with E-state index in [-0.39, 0.29) is 0 Å². The zero-order chi connectivity index (χ0) is 15.0. The van der Waals surface area contributed by atoms with E-state index in [1.165, 1.54) is 18.5 Å². The second kappa shape index (κ2) is 5.17. The molecule has 0 aliphatic heterocycles. The molecule has 2 aromatic rings. The summed E-state index contributed by atoms with van der Waals surface area (Å²) in [6.45, 7) is 7.07. The maximum atomic E-state index is 4.18. The normalized spacial score (nSPS) is 24.2. The lowest BCUT2D eigenvalue weighted by Gasteiger charge is -2.20. The second-order valence-corrected chi connectivity index (χ2v) is 7.15. The summed E-state index contributed by atoms with van der Waals surface area (Å²) < 4.78 is 1.94. The van der Waals surface area contributed by atoms with E-state index < -0.39 is 0 Å². The first kappa shape index (κ1) is 14.1. The standard InChI is InChI=1S/C17H24N4/c1-12-9-17(2,3)10-15(12)19-14-7-5-6-13(8-14)16-20-18-11-21(16)4/h5-8,11-12,15,19H,9-10H2,1-4H3. The Hall–Kier alpha value is -1.84. The zero-order valence-corrected chi connectivity index (χ0v) is 13.3. The molecule has 1 N–H and O–H groups in total. The van der Waals surface area contributed by atoms with Crippen LogP contribution in [-0.4, -0.2) is 20.8 Å². The first-order valence-corrected chi connectivity index (χ1v) is 7.66. The van der Waals surface area contributed by atoms with Crippen molar-refractivity contribution in [1.29, 1.82) is 0 Å². The van der Waals surface area contributed by atoms with Crippen LogP contribution in [0, 0.1) is 11.3 Å². The van der Waals surface area contributed by atoms with Crippen molar-refractivity contribution >= 4 is 5.69 Å². The zero-order valence-electron chi connectivity index (χ0n) is 13.3. The van der Waals surface area contributed by atoms with Gasteiger partial charge in [-0.1, -0.05) is 32.9 Å². The van der Waals surface area contributed by atoms with Crippen LogP contribution in [0.3, 0.4) is 0 Å². The third-order valence-corrected chi connectivity index (χ3v) is 4.52. The Morgan fingerprint density at radius 2 is 2.10 bits per heavy atom. The Morgan fingerprint density at radius 3 is 2.71 bits per heavy atom. The summed E-state index contributed by atoms with van der Waals surface area (Å²) in [5, 5.41) is 11.8. The number of rotatable bonds is 3. The van der Waals surface area contributed by atoms with Gasteiger partial charge in [0.1, 0.15) is 6.33 Å². The second-order valence-electron chi connectivity index (χ2n) is 7.15. The van der Waals surface area contributed by atoms with Gasteiger partial charge in [0.25, 0.3) is 0 Å². The number of aromatic nitrogens is 3. The van der Waals surface area contributed by atoms with Crippen molar-refractivity contribution in [2.24, 2.45) is 18.4 Å². The summed E-state index contributed by atoms with van der Waals surface area (Å²) in [7, 11) is 1.97. The van der Waals surface area contributed by atoms with Crippen molar-refractivity contribution in [3.8, 4) is 11.4 Å². The lowest BCUT2D eigenvalue weighted by Crippen LogP contribution is -2.22. The fraction of sp³-hybridized carbons (Fsp3) is 0.529. The Bertz CT molecular complexity index is 629. The SMILES string of the molecule is CC1CC(C)(C)CC1Nc1cccc(-c2nncn2C)c1. The monoisotopic (exact) mass is 284 g/mol. The highest BCUT2D eigenvalue weighted by Crippen LogP contribution is 2.42. The topological polar surface area (TPSA) is 42.7 Å². The van der Waals surface area contributed by atoms with Gasteiger partial charge in [-0.15, -0.1) is 10.2 Å². The molecule has 4 nitrogen and oxygen atoms in total. The molecule has 112 valence electrons. The smallest absolute Gasteiger partial charge is 0.163 e. The van der Waals surface area contributed by atoms with Gasteiger partial charge in [0.15, 0.2) is 5.82 Å². The molecule has 0 spiro atoms. The Kier molecular flexibility index (Phi) is 3.47. The minimum atomic E-state index is 0.443. The Labute approximate surface area is 126 Å². The molecule has 1 saturated carbocycles. The minimum absolute atomic E-state index is 0.443. The summed E-state index contributed by atoms with van der Waals surface area (Å²) in [6, 6.07) is 9.02. The molecule has 0 bridgehead atoms. The molecule has 1 heterocycles. The lowest BCUT2D eigenvalue weighted by molar-refractivity contribution is 0.366. The van der Waals surface area contributed by atoms with Crippen molar-refractivity contribution in [3.63, 3.8) is 0 Å². The van der Waals surface area contributed by atoms with Gasteiger partial charge in [-0.2, -0.15) is 0 Å². The van der Waals surface area contributed by atoms with E-state index in [2.05, 4.69) is 60.6 Å². The van der Waals surface area contributed by atoms with E-state index in [1.807, 2.05) is 11.6 Å². The van der Waals surface area contributed by atoms with Gasteiger partial charge in [-0.05, 0) is 36.3 Å². The van der Waals surface area contributed by atoms with Crippen LogP contribution in [-0.2, 0) is 7.05 Å². The third kappa shape index (κ3) is 2.94. The summed E-state index contributed by atoms with van der Waals surface area (Å²) in [4.78, 5) is 0. The van der Waals surface area contributed by atoms with Crippen molar-refractivity contribution < 1.29 is 0 Å². The minimum Gasteiger partial charge on any atom is -0.382 e. The molecule has 3 rings (SSSR count). The van der Waals surface area contributed by atoms with Gasteiger partial charge in [0.2, 0.25) is 0 Å². The molecular weight excluding hydrogens is 260 g/mol. The van der Waals surface area contributed by atoms with Gasteiger partial charge in [0.05, 0.1) is 0 Å². The van der Waals surface area contributed by atoms with Crippen molar-refractivity contribution in [3.05, 3.63) is 30.6 Å². The van der Waals surface area contributed by atoms with Gasteiger partial charge < -0.3 is 9.88 Å². The van der Waals surface area contributed by atoms with Crippen molar-refractivity contribution in [2.75, 3.05) is 5.32 Å². The molecule has 0 saturated heterocycles. The Balaban J connectivity index is 1.80. The molecule has 1 aliphatic carbocycles. The maximum Gasteiger partial charge on any atom is 0.163 e. The average molecular weight is 284 g/mol. The molecule has 2 unspecified atom stereocenters. The largest absolute Gasteiger partial charge is 0.382 e. The molecule has 4 heteroatoms. The van der Waals surface area contributed by atoms with Crippen LogP contribution in [0.15, 0.2) is 30.6 Å². The third-order valence-electron chi connectivity index (χ3n) is 4.52. The highest BCUT2D eigenvalue weighted by atomic mass is 15.2. The molecule has 0 amide bonds. The van der Waals surface area contributed by atoms with E-state index in [4.69, 9.17) is 0 Å². The average Bonchev–Trinajstić information content (AvgIpc) is 2.93. The van der Waals surface area contributed by atoms with E-state index in [9.17, 15) is 0 Å². The molecular formula is C17H24N4. The van der Waals surface area contributed by atoms with Gasteiger partial charge in [0, 0.05) is 24.3 Å². The number of anilines is 1. The first-order valence-electron chi connectivity index (χ1n) is 7.66. The quantitative estimate of drug-likeness (QED) is 0.934. The molecule has 1 fully saturated rings. The van der Waals surface area contributed by atoms with E-state index >= 15 is 0 Å². The van der Waals surface area contributed by atoms with Gasteiger partial charge >= 0.3 is 0 Å². The maximum absolute atomic E-state index is 4.18. The number of nitrogens with zero attached hydrogens (tertiary/aromatic N) is 3. The number of nitrogens with one attached hydrogen (secondary N) is 1. The summed E-state index contributed by atoms with van der Waals surface area (Å²) in [5.74, 6) is 1.61. The highest BCUT2D eigenvalue weighted by molar-refractivity contribution is 5.62. The van der Waals surface area contributed by atoms with Crippen molar-refractivity contribution in [2.45, 2.75) is 39.7 Å². The van der Waals surface area contributed by atoms with E-state index in [1.54, 1.807) is 6.33 Å². The van der Waals surface area contributed by atoms with Crippen molar-refractivity contribution in [1.82, 2.24) is 14.8 Å². The number of hydrogen-bond donors (Lipinski definition) is 1. The number of aryl methyl sites for hydroxylation is 1. The van der Waals surface area contributed by atoms with Crippen LogP contribution in [0.2, 0.25) is 0 Å². The van der Waals surface area contributed by atoms with Crippen LogP contribution in [0.5, 0.6) is 0 Å². The van der Waals surface area contributed by atoms with Crippen LogP contribution < -0.4 is 5.32 Å². The summed E-state index contributed by atoms with van der Waals surface area (Å²) >= 11 is 0. The molecule has 2 atom stereocenters. The predicted octanol–water partition coefficient (Wildman–Crippen LogP) is 3.72. The molecule has 21 heavy (non-hydrogen) atoms. The van der Waals surface area contributed by atoms with Crippen LogP contribution in [0.1, 0.15) is 33.6 Å². The van der Waals surface area contributed by atoms with Crippen LogP contribution >= 0.6 is 0 Å². The number of benzene rings is 1.